The first-order chi connectivity index (χ1) is 7.43. The molecule has 3 heteroatoms. The van der Waals surface area contributed by atoms with E-state index >= 15 is 0 Å². The van der Waals surface area contributed by atoms with Crippen LogP contribution < -0.4 is 5.32 Å². The van der Waals surface area contributed by atoms with Gasteiger partial charge in [-0.3, -0.25) is 0 Å². The molecule has 1 aromatic rings. The van der Waals surface area contributed by atoms with E-state index in [0.717, 1.165) is 12.1 Å². The maximum absolute atomic E-state index is 5.10. The van der Waals surface area contributed by atoms with Gasteiger partial charge in [0.15, 0.2) is 0 Å². The van der Waals surface area contributed by atoms with E-state index in [0.29, 0.717) is 13.2 Å². The molecule has 0 heterocycles. The Hall–Kier alpha value is -1.61. The van der Waals surface area contributed by atoms with Crippen molar-refractivity contribution in [2.24, 2.45) is 5.16 Å². The maximum Gasteiger partial charge on any atom is 0.142 e. The molecule has 0 bridgehead atoms. The summed E-state index contributed by atoms with van der Waals surface area (Å²) in [5.74, 6) is 0. The zero-order chi connectivity index (χ0) is 10.8. The smallest absolute Gasteiger partial charge is 0.142 e. The van der Waals surface area contributed by atoms with Crippen LogP contribution in [0.4, 0.5) is 0 Å². The van der Waals surface area contributed by atoms with Crippen LogP contribution in [0.2, 0.25) is 0 Å². The number of nitrogens with one attached hydrogen (secondary N) is 1. The fourth-order valence-electron chi connectivity index (χ4n) is 1.03. The number of hydrogen-bond acceptors (Lipinski definition) is 3. The van der Waals surface area contributed by atoms with Gasteiger partial charge in [0, 0.05) is 13.1 Å². The van der Waals surface area contributed by atoms with E-state index in [9.17, 15) is 0 Å². The second kappa shape index (κ2) is 7.76. The molecular weight excluding hydrogens is 188 g/mol. The Labute approximate surface area is 90.4 Å². The molecule has 0 aliphatic heterocycles. The molecule has 0 saturated carbocycles. The van der Waals surface area contributed by atoms with Crippen LogP contribution in [0, 0.1) is 0 Å². The van der Waals surface area contributed by atoms with Crippen molar-refractivity contribution in [3.05, 3.63) is 48.6 Å². The van der Waals surface area contributed by atoms with Crippen LogP contribution in [0.3, 0.4) is 0 Å². The van der Waals surface area contributed by atoms with E-state index in [-0.39, 0.29) is 0 Å². The molecule has 0 aromatic heterocycles. The van der Waals surface area contributed by atoms with Gasteiger partial charge in [-0.15, -0.1) is 6.58 Å². The zero-order valence-corrected chi connectivity index (χ0v) is 8.73. The highest BCUT2D eigenvalue weighted by molar-refractivity contribution is 5.58. The van der Waals surface area contributed by atoms with Gasteiger partial charge < -0.3 is 10.2 Å². The first-order valence-electron chi connectivity index (χ1n) is 4.93. The molecule has 80 valence electrons. The minimum Gasteiger partial charge on any atom is -0.391 e. The highest BCUT2D eigenvalue weighted by Gasteiger charge is 1.88. The first-order valence-corrected chi connectivity index (χ1v) is 4.93. The van der Waals surface area contributed by atoms with Crippen LogP contribution in [0.1, 0.15) is 5.56 Å². The van der Waals surface area contributed by atoms with Gasteiger partial charge in [-0.1, -0.05) is 41.6 Å². The van der Waals surface area contributed by atoms with Crippen molar-refractivity contribution in [2.75, 3.05) is 13.1 Å². The Morgan fingerprint density at radius 1 is 1.27 bits per heavy atom. The number of hydrogen-bond donors (Lipinski definition) is 1. The molecule has 0 saturated heterocycles. The molecule has 3 nitrogen and oxygen atoms in total. The molecule has 1 rings (SSSR count). The van der Waals surface area contributed by atoms with Crippen molar-refractivity contribution in [2.45, 2.75) is 6.61 Å². The standard InChI is InChI=1S/C12H16N2O/c1-2-8-13-9-10-14-15-11-12-6-4-3-5-7-12/h2-7,10,13H,1,8-9,11H2/b14-10+. The number of rotatable bonds is 7. The molecule has 0 aliphatic rings. The number of benzene rings is 1. The van der Waals surface area contributed by atoms with Crippen LogP contribution in [-0.4, -0.2) is 19.3 Å². The fraction of sp³-hybridized carbons (Fsp3) is 0.250. The average Bonchev–Trinajstić information content (AvgIpc) is 2.29. The summed E-state index contributed by atoms with van der Waals surface area (Å²) in [5.41, 5.74) is 1.12. The predicted octanol–water partition coefficient (Wildman–Crippen LogP) is 1.96. The highest BCUT2D eigenvalue weighted by Crippen LogP contribution is 1.99. The quantitative estimate of drug-likeness (QED) is 0.319. The van der Waals surface area contributed by atoms with E-state index in [1.54, 1.807) is 12.3 Å². The van der Waals surface area contributed by atoms with Gasteiger partial charge >= 0.3 is 0 Å². The van der Waals surface area contributed by atoms with Crippen molar-refractivity contribution in [3.63, 3.8) is 0 Å². The summed E-state index contributed by atoms with van der Waals surface area (Å²) >= 11 is 0. The fourth-order valence-corrected chi connectivity index (χ4v) is 1.03. The second-order valence-electron chi connectivity index (χ2n) is 2.99. The van der Waals surface area contributed by atoms with Crippen molar-refractivity contribution >= 4 is 6.21 Å². The minimum absolute atomic E-state index is 0.513. The monoisotopic (exact) mass is 204 g/mol. The van der Waals surface area contributed by atoms with Crippen molar-refractivity contribution in [1.29, 1.82) is 0 Å². The molecule has 15 heavy (non-hydrogen) atoms. The molecular formula is C12H16N2O. The van der Waals surface area contributed by atoms with Crippen LogP contribution >= 0.6 is 0 Å². The van der Waals surface area contributed by atoms with Gasteiger partial charge in [0.05, 0.1) is 6.21 Å². The Balaban J connectivity index is 2.08. The lowest BCUT2D eigenvalue weighted by atomic mass is 10.2. The van der Waals surface area contributed by atoms with Gasteiger partial charge in [-0.2, -0.15) is 0 Å². The lowest BCUT2D eigenvalue weighted by Crippen LogP contribution is -2.15. The summed E-state index contributed by atoms with van der Waals surface area (Å²) in [6.07, 6.45) is 3.51. The molecule has 1 N–H and O–H groups in total. The van der Waals surface area contributed by atoms with Gasteiger partial charge in [-0.25, -0.2) is 0 Å². The molecule has 0 fully saturated rings. The lowest BCUT2D eigenvalue weighted by Gasteiger charge is -1.98. The summed E-state index contributed by atoms with van der Waals surface area (Å²) in [6.45, 7) is 5.59. The Morgan fingerprint density at radius 2 is 2.07 bits per heavy atom. The summed E-state index contributed by atoms with van der Waals surface area (Å²) in [5, 5.41) is 6.90. The van der Waals surface area contributed by atoms with Crippen molar-refractivity contribution < 1.29 is 4.84 Å². The molecule has 0 amide bonds. The summed E-state index contributed by atoms with van der Waals surface area (Å²) in [7, 11) is 0. The third kappa shape index (κ3) is 5.65. The summed E-state index contributed by atoms with van der Waals surface area (Å²) in [4.78, 5) is 5.10. The van der Waals surface area contributed by atoms with E-state index in [1.165, 1.54) is 0 Å². The number of nitrogens with zero attached hydrogens (tertiary/aromatic N) is 1. The Kier molecular flexibility index (Phi) is 5.93. The second-order valence-corrected chi connectivity index (χ2v) is 2.99. The normalized spacial score (nSPS) is 10.4. The molecule has 1 aromatic carbocycles. The van der Waals surface area contributed by atoms with Crippen LogP contribution in [-0.2, 0) is 11.4 Å². The maximum atomic E-state index is 5.10. The SMILES string of the molecule is C=CCNC/C=N/OCc1ccccc1. The lowest BCUT2D eigenvalue weighted by molar-refractivity contribution is 0.131. The van der Waals surface area contributed by atoms with Crippen LogP contribution in [0.25, 0.3) is 0 Å². The molecule has 0 spiro atoms. The summed E-state index contributed by atoms with van der Waals surface area (Å²) in [6, 6.07) is 9.95. The van der Waals surface area contributed by atoms with Crippen molar-refractivity contribution in [1.82, 2.24) is 5.32 Å². The molecule has 0 atom stereocenters. The van der Waals surface area contributed by atoms with Crippen molar-refractivity contribution in [3.8, 4) is 0 Å². The molecule has 0 aliphatic carbocycles. The van der Waals surface area contributed by atoms with E-state index in [2.05, 4.69) is 17.1 Å². The van der Waals surface area contributed by atoms with Crippen LogP contribution in [0.5, 0.6) is 0 Å². The van der Waals surface area contributed by atoms with Gasteiger partial charge in [0.1, 0.15) is 6.61 Å². The molecule has 0 radical (unpaired) electrons. The van der Waals surface area contributed by atoms with E-state index in [1.807, 2.05) is 30.3 Å². The first kappa shape index (κ1) is 11.5. The van der Waals surface area contributed by atoms with Gasteiger partial charge in [0.2, 0.25) is 0 Å². The van der Waals surface area contributed by atoms with Crippen LogP contribution in [0.15, 0.2) is 48.1 Å². The average molecular weight is 204 g/mol. The summed E-state index contributed by atoms with van der Waals surface area (Å²) < 4.78 is 0. The van der Waals surface area contributed by atoms with E-state index in [4.69, 9.17) is 4.84 Å². The number of oxime groups is 1. The molecule has 0 unspecified atom stereocenters. The Bertz CT molecular complexity index is 296. The third-order valence-electron chi connectivity index (χ3n) is 1.75. The third-order valence-corrected chi connectivity index (χ3v) is 1.75. The minimum atomic E-state index is 0.513. The topological polar surface area (TPSA) is 33.6 Å². The van der Waals surface area contributed by atoms with Gasteiger partial charge in [0.25, 0.3) is 0 Å². The highest BCUT2D eigenvalue weighted by atomic mass is 16.6. The Morgan fingerprint density at radius 3 is 2.80 bits per heavy atom. The van der Waals surface area contributed by atoms with E-state index < -0.39 is 0 Å². The zero-order valence-electron chi connectivity index (χ0n) is 8.73. The largest absolute Gasteiger partial charge is 0.391 e. The predicted molar refractivity (Wildman–Crippen MR) is 62.8 cm³/mol. The van der Waals surface area contributed by atoms with Gasteiger partial charge in [-0.05, 0) is 5.56 Å².